The van der Waals surface area contributed by atoms with Gasteiger partial charge in [-0.3, -0.25) is 14.8 Å². The van der Waals surface area contributed by atoms with Gasteiger partial charge in [-0.05, 0) is 12.0 Å². The van der Waals surface area contributed by atoms with Crippen molar-refractivity contribution in [1.82, 2.24) is 10.2 Å². The average molecular weight is 355 g/mol. The third-order valence-corrected chi connectivity index (χ3v) is 4.60. The highest BCUT2D eigenvalue weighted by Gasteiger charge is 2.32. The summed E-state index contributed by atoms with van der Waals surface area (Å²) in [5.74, 6) is 1.54. The van der Waals surface area contributed by atoms with Crippen molar-refractivity contribution in [3.63, 3.8) is 0 Å². The molecule has 1 saturated heterocycles. The Morgan fingerprint density at radius 3 is 2.90 bits per heavy atom. The number of halogens is 2. The number of aromatic nitrogens is 2. The first-order valence-electron chi connectivity index (χ1n) is 6.35. The van der Waals surface area contributed by atoms with Crippen LogP contribution in [0.25, 0.3) is 11.1 Å². The van der Waals surface area contributed by atoms with Gasteiger partial charge in [0.15, 0.2) is 0 Å². The lowest BCUT2D eigenvalue weighted by molar-refractivity contribution is -0.117. The van der Waals surface area contributed by atoms with Crippen LogP contribution in [0.5, 0.6) is 0 Å². The molecule has 1 N–H and O–H groups in total. The summed E-state index contributed by atoms with van der Waals surface area (Å²) >= 11 is 9.40. The molecule has 1 aliphatic heterocycles. The number of aromatic amines is 1. The summed E-state index contributed by atoms with van der Waals surface area (Å²) in [4.78, 5) is 13.9. The van der Waals surface area contributed by atoms with Gasteiger partial charge in [-0.15, -0.1) is 11.6 Å². The molecule has 1 amide bonds. The Balaban J connectivity index is 1.99. The van der Waals surface area contributed by atoms with E-state index in [4.69, 9.17) is 11.6 Å². The Morgan fingerprint density at radius 2 is 2.20 bits per heavy atom. The predicted molar refractivity (Wildman–Crippen MR) is 82.9 cm³/mol. The second kappa shape index (κ2) is 5.58. The number of hydrogen-bond acceptors (Lipinski definition) is 2. The molecule has 1 aromatic carbocycles. The molecule has 4 nitrogen and oxygen atoms in total. The van der Waals surface area contributed by atoms with Crippen LogP contribution < -0.4 is 4.90 Å². The zero-order valence-corrected chi connectivity index (χ0v) is 13.0. The standard InChI is InChI=1S/C14H13BrClN3O/c15-12-4-2-1-3-10(12)11-7-17-18-14(11)19-8-9(6-16)5-13(19)20/h1-4,7,9H,5-6,8H2,(H,17,18). The summed E-state index contributed by atoms with van der Waals surface area (Å²) in [6, 6.07) is 7.89. The van der Waals surface area contributed by atoms with E-state index < -0.39 is 0 Å². The van der Waals surface area contributed by atoms with Gasteiger partial charge in [0.25, 0.3) is 0 Å². The summed E-state index contributed by atoms with van der Waals surface area (Å²) in [7, 11) is 0. The number of rotatable bonds is 3. The summed E-state index contributed by atoms with van der Waals surface area (Å²) in [6.07, 6.45) is 2.24. The topological polar surface area (TPSA) is 49.0 Å². The molecule has 1 unspecified atom stereocenters. The van der Waals surface area contributed by atoms with Crippen LogP contribution in [0.1, 0.15) is 6.42 Å². The number of H-pyrrole nitrogens is 1. The van der Waals surface area contributed by atoms with Gasteiger partial charge in [-0.1, -0.05) is 34.1 Å². The van der Waals surface area contributed by atoms with Crippen LogP contribution in [0.15, 0.2) is 34.9 Å². The predicted octanol–water partition coefficient (Wildman–Crippen LogP) is 3.43. The van der Waals surface area contributed by atoms with E-state index in [9.17, 15) is 4.79 Å². The molecule has 1 aliphatic rings. The molecular weight excluding hydrogens is 342 g/mol. The Bertz CT molecular complexity index is 643. The van der Waals surface area contributed by atoms with E-state index in [-0.39, 0.29) is 11.8 Å². The fraction of sp³-hybridized carbons (Fsp3) is 0.286. The zero-order chi connectivity index (χ0) is 14.1. The van der Waals surface area contributed by atoms with Gasteiger partial charge in [0.05, 0.1) is 6.20 Å². The fourth-order valence-electron chi connectivity index (χ4n) is 2.46. The largest absolute Gasteiger partial charge is 0.296 e. The van der Waals surface area contributed by atoms with Crippen LogP contribution in [-0.4, -0.2) is 28.5 Å². The number of amides is 1. The Morgan fingerprint density at radius 1 is 1.40 bits per heavy atom. The minimum absolute atomic E-state index is 0.0909. The summed E-state index contributed by atoms with van der Waals surface area (Å²) in [6.45, 7) is 0.641. The maximum atomic E-state index is 12.1. The maximum Gasteiger partial charge on any atom is 0.228 e. The number of carbonyl (C=O) groups is 1. The fourth-order valence-corrected chi connectivity index (χ4v) is 3.17. The molecule has 1 atom stereocenters. The van der Waals surface area contributed by atoms with Crippen molar-refractivity contribution in [1.29, 1.82) is 0 Å². The van der Waals surface area contributed by atoms with Gasteiger partial charge < -0.3 is 0 Å². The van der Waals surface area contributed by atoms with Crippen molar-refractivity contribution < 1.29 is 4.79 Å². The van der Waals surface area contributed by atoms with Crippen molar-refractivity contribution in [2.75, 3.05) is 17.3 Å². The first-order valence-corrected chi connectivity index (χ1v) is 7.68. The van der Waals surface area contributed by atoms with Crippen molar-refractivity contribution in [2.45, 2.75) is 6.42 Å². The van der Waals surface area contributed by atoms with Crippen LogP contribution in [0.3, 0.4) is 0 Å². The highest BCUT2D eigenvalue weighted by molar-refractivity contribution is 9.10. The van der Waals surface area contributed by atoms with Crippen LogP contribution in [-0.2, 0) is 4.79 Å². The molecule has 0 spiro atoms. The van der Waals surface area contributed by atoms with Crippen molar-refractivity contribution >= 4 is 39.3 Å². The number of carbonyl (C=O) groups excluding carboxylic acids is 1. The maximum absolute atomic E-state index is 12.1. The number of benzene rings is 1. The van der Waals surface area contributed by atoms with Crippen LogP contribution in [0, 0.1) is 5.92 Å². The van der Waals surface area contributed by atoms with Gasteiger partial charge in [-0.25, -0.2) is 0 Å². The highest BCUT2D eigenvalue weighted by Crippen LogP contribution is 2.36. The summed E-state index contributed by atoms with van der Waals surface area (Å²) < 4.78 is 0.975. The van der Waals surface area contributed by atoms with E-state index in [0.717, 1.165) is 21.4 Å². The Hall–Kier alpha value is -1.33. The molecule has 1 aromatic heterocycles. The highest BCUT2D eigenvalue weighted by atomic mass is 79.9. The average Bonchev–Trinajstić information content (AvgIpc) is 3.05. The number of anilines is 1. The van der Waals surface area contributed by atoms with Crippen LogP contribution >= 0.6 is 27.5 Å². The molecule has 2 aromatic rings. The molecule has 0 bridgehead atoms. The third-order valence-electron chi connectivity index (χ3n) is 3.48. The van der Waals surface area contributed by atoms with Gasteiger partial charge >= 0.3 is 0 Å². The minimum Gasteiger partial charge on any atom is -0.296 e. The summed E-state index contributed by atoms with van der Waals surface area (Å²) in [5, 5.41) is 7.04. The second-order valence-corrected chi connectivity index (χ2v) is 6.00. The molecule has 3 rings (SSSR count). The van der Waals surface area contributed by atoms with Gasteiger partial charge in [0, 0.05) is 34.4 Å². The van der Waals surface area contributed by atoms with Crippen LogP contribution in [0.2, 0.25) is 0 Å². The smallest absolute Gasteiger partial charge is 0.228 e. The SMILES string of the molecule is O=C1CC(CCl)CN1c1[nH]ncc1-c1ccccc1Br. The molecule has 0 saturated carbocycles. The van der Waals surface area contributed by atoms with Gasteiger partial charge in [-0.2, -0.15) is 5.10 Å². The van der Waals surface area contributed by atoms with Gasteiger partial charge in [0.2, 0.25) is 5.91 Å². The van der Waals surface area contributed by atoms with E-state index in [2.05, 4.69) is 26.1 Å². The quantitative estimate of drug-likeness (QED) is 0.859. The first kappa shape index (κ1) is 13.6. The van der Waals surface area contributed by atoms with E-state index in [1.165, 1.54) is 0 Å². The molecule has 6 heteroatoms. The van der Waals surface area contributed by atoms with Crippen molar-refractivity contribution in [3.8, 4) is 11.1 Å². The first-order chi connectivity index (χ1) is 9.70. The van der Waals surface area contributed by atoms with Crippen LogP contribution in [0.4, 0.5) is 5.82 Å². The lowest BCUT2D eigenvalue weighted by atomic mass is 10.1. The number of hydrogen-bond donors (Lipinski definition) is 1. The molecule has 2 heterocycles. The summed E-state index contributed by atoms with van der Waals surface area (Å²) in [5.41, 5.74) is 1.93. The molecule has 20 heavy (non-hydrogen) atoms. The molecule has 0 radical (unpaired) electrons. The van der Waals surface area contributed by atoms with E-state index in [1.807, 2.05) is 24.3 Å². The lowest BCUT2D eigenvalue weighted by Gasteiger charge is -2.16. The van der Waals surface area contributed by atoms with E-state index in [1.54, 1.807) is 11.1 Å². The van der Waals surface area contributed by atoms with E-state index >= 15 is 0 Å². The normalized spacial score (nSPS) is 18.8. The monoisotopic (exact) mass is 353 g/mol. The number of nitrogens with one attached hydrogen (secondary N) is 1. The number of alkyl halides is 1. The third kappa shape index (κ3) is 2.36. The van der Waals surface area contributed by atoms with E-state index in [0.29, 0.717) is 18.8 Å². The lowest BCUT2D eigenvalue weighted by Crippen LogP contribution is -2.25. The van der Waals surface area contributed by atoms with Gasteiger partial charge in [0.1, 0.15) is 5.82 Å². The molecule has 1 fully saturated rings. The van der Waals surface area contributed by atoms with Crippen molar-refractivity contribution in [2.24, 2.45) is 5.92 Å². The molecular formula is C14H13BrClN3O. The zero-order valence-electron chi connectivity index (χ0n) is 10.6. The Labute approximate surface area is 130 Å². The molecule has 104 valence electrons. The molecule has 0 aliphatic carbocycles. The second-order valence-electron chi connectivity index (χ2n) is 4.84. The van der Waals surface area contributed by atoms with Crippen molar-refractivity contribution in [3.05, 3.63) is 34.9 Å². The Kier molecular flexibility index (Phi) is 3.81. The minimum atomic E-state index is 0.0909. The number of nitrogens with zero attached hydrogens (tertiary/aromatic N) is 2.